The molecule has 2 aliphatic heterocycles. The van der Waals surface area contributed by atoms with E-state index in [0.717, 1.165) is 43.9 Å². The van der Waals surface area contributed by atoms with Gasteiger partial charge in [-0.05, 0) is 65.8 Å². The van der Waals surface area contributed by atoms with Gasteiger partial charge < -0.3 is 14.4 Å². The summed E-state index contributed by atoms with van der Waals surface area (Å²) in [6.45, 7) is 2.28. The highest BCUT2D eigenvalue weighted by atomic mass is 16.5. The lowest BCUT2D eigenvalue weighted by atomic mass is 9.90. The first-order valence-corrected chi connectivity index (χ1v) is 12.1. The Morgan fingerprint density at radius 2 is 1.26 bits per heavy atom. The van der Waals surface area contributed by atoms with Crippen molar-refractivity contribution >= 4 is 5.69 Å². The van der Waals surface area contributed by atoms with Gasteiger partial charge in [0.2, 0.25) is 0 Å². The van der Waals surface area contributed by atoms with Crippen LogP contribution in [0.2, 0.25) is 0 Å². The van der Waals surface area contributed by atoms with Crippen LogP contribution in [0, 0.1) is 5.92 Å². The van der Waals surface area contributed by atoms with E-state index < -0.39 is 0 Å². The molecule has 6 rings (SSSR count). The van der Waals surface area contributed by atoms with Crippen LogP contribution in [0.3, 0.4) is 0 Å². The molecule has 170 valence electrons. The number of nitrogens with zero attached hydrogens (tertiary/aromatic N) is 1. The van der Waals surface area contributed by atoms with Crippen molar-refractivity contribution in [3.05, 3.63) is 125 Å². The van der Waals surface area contributed by atoms with Crippen molar-refractivity contribution in [1.29, 1.82) is 0 Å². The van der Waals surface area contributed by atoms with Crippen molar-refractivity contribution in [3.8, 4) is 11.5 Å². The molecule has 0 saturated carbocycles. The average molecular weight is 448 g/mol. The van der Waals surface area contributed by atoms with Gasteiger partial charge in [-0.3, -0.25) is 0 Å². The molecule has 2 heterocycles. The third-order valence-electron chi connectivity index (χ3n) is 6.92. The Balaban J connectivity index is 1.06. The number of para-hydroxylation sites is 2. The second kappa shape index (κ2) is 9.26. The Kier molecular flexibility index (Phi) is 5.68. The number of hydrogen-bond acceptors (Lipinski definition) is 3. The molecule has 0 aromatic heterocycles. The summed E-state index contributed by atoms with van der Waals surface area (Å²) in [6.07, 6.45) is 3.10. The maximum Gasteiger partial charge on any atom is 0.161 e. The molecule has 1 unspecified atom stereocenters. The minimum Gasteiger partial charge on any atom is -0.493 e. The van der Waals surface area contributed by atoms with Crippen LogP contribution in [-0.2, 0) is 25.8 Å². The molecule has 0 N–H and O–H groups in total. The number of rotatable bonds is 5. The molecule has 4 aromatic carbocycles. The van der Waals surface area contributed by atoms with E-state index in [2.05, 4.69) is 83.8 Å². The Labute approximate surface area is 201 Å². The van der Waals surface area contributed by atoms with Gasteiger partial charge in [0, 0.05) is 23.7 Å². The smallest absolute Gasteiger partial charge is 0.161 e. The molecule has 3 nitrogen and oxygen atoms in total. The lowest BCUT2D eigenvalue weighted by Gasteiger charge is -2.30. The summed E-state index contributed by atoms with van der Waals surface area (Å²) in [6, 6.07) is 34.7. The van der Waals surface area contributed by atoms with E-state index in [-0.39, 0.29) is 0 Å². The van der Waals surface area contributed by atoms with E-state index >= 15 is 0 Å². The summed E-state index contributed by atoms with van der Waals surface area (Å²) in [5, 5.41) is 0. The fraction of sp³-hybridized carbons (Fsp3) is 0.226. The van der Waals surface area contributed by atoms with Crippen LogP contribution in [0.1, 0.15) is 27.8 Å². The van der Waals surface area contributed by atoms with Crippen LogP contribution in [0.25, 0.3) is 0 Å². The first-order valence-electron chi connectivity index (χ1n) is 12.1. The standard InChI is InChI=1S/C31H29NO2/c1-3-7-30-27(5-1)19-26(21-33-30)18-24-11-9-23(10-12-24)17-25-13-15-29(16-14-25)32-20-28-6-2-4-8-31(28)34-22-32/h1-16,26H,17-22H2. The second-order valence-electron chi connectivity index (χ2n) is 9.43. The number of anilines is 1. The third-order valence-corrected chi connectivity index (χ3v) is 6.92. The molecule has 0 aliphatic carbocycles. The van der Waals surface area contributed by atoms with Gasteiger partial charge in [-0.2, -0.15) is 0 Å². The van der Waals surface area contributed by atoms with Crippen LogP contribution >= 0.6 is 0 Å². The molecule has 0 fully saturated rings. The zero-order valence-corrected chi connectivity index (χ0v) is 19.3. The summed E-state index contributed by atoms with van der Waals surface area (Å²) < 4.78 is 11.9. The minimum absolute atomic E-state index is 0.541. The maximum absolute atomic E-state index is 5.97. The van der Waals surface area contributed by atoms with Gasteiger partial charge in [-0.15, -0.1) is 0 Å². The number of ether oxygens (including phenoxy) is 2. The van der Waals surface area contributed by atoms with Crippen LogP contribution < -0.4 is 14.4 Å². The summed E-state index contributed by atoms with van der Waals surface area (Å²) in [5.74, 6) is 2.59. The lowest BCUT2D eigenvalue weighted by Crippen LogP contribution is -2.31. The zero-order chi connectivity index (χ0) is 22.7. The van der Waals surface area contributed by atoms with Gasteiger partial charge in [0.15, 0.2) is 6.73 Å². The predicted octanol–water partition coefficient (Wildman–Crippen LogP) is 6.43. The molecule has 34 heavy (non-hydrogen) atoms. The van der Waals surface area contributed by atoms with Crippen molar-refractivity contribution in [1.82, 2.24) is 0 Å². The van der Waals surface area contributed by atoms with E-state index in [1.54, 1.807) is 0 Å². The first-order chi connectivity index (χ1) is 16.8. The molecule has 1 atom stereocenters. The highest BCUT2D eigenvalue weighted by Crippen LogP contribution is 2.30. The highest BCUT2D eigenvalue weighted by Gasteiger charge is 2.20. The van der Waals surface area contributed by atoms with E-state index in [9.17, 15) is 0 Å². The topological polar surface area (TPSA) is 21.7 Å². The Morgan fingerprint density at radius 3 is 2.03 bits per heavy atom. The SMILES string of the molecule is c1ccc2c(c1)CC(Cc1ccc(Cc3ccc(N4COc5ccccc5C4)cc3)cc1)CO2. The second-order valence-corrected chi connectivity index (χ2v) is 9.43. The number of hydrogen-bond donors (Lipinski definition) is 0. The maximum atomic E-state index is 5.97. The first kappa shape index (κ1) is 20.9. The summed E-state index contributed by atoms with van der Waals surface area (Å²) in [5.41, 5.74) is 7.83. The van der Waals surface area contributed by atoms with Crippen molar-refractivity contribution in [2.24, 2.45) is 5.92 Å². The van der Waals surface area contributed by atoms with Crippen LogP contribution in [-0.4, -0.2) is 13.3 Å². The Hall–Kier alpha value is -3.72. The molecule has 0 bridgehead atoms. The molecular formula is C31H29NO2. The van der Waals surface area contributed by atoms with Crippen molar-refractivity contribution in [2.45, 2.75) is 25.8 Å². The fourth-order valence-corrected chi connectivity index (χ4v) is 5.05. The number of fused-ring (bicyclic) bond motifs is 2. The zero-order valence-electron chi connectivity index (χ0n) is 19.3. The Morgan fingerprint density at radius 1 is 0.647 bits per heavy atom. The molecule has 0 spiro atoms. The molecule has 3 heteroatoms. The van der Waals surface area contributed by atoms with Gasteiger partial charge in [0.25, 0.3) is 0 Å². The monoisotopic (exact) mass is 447 g/mol. The fourth-order valence-electron chi connectivity index (χ4n) is 5.05. The molecule has 4 aromatic rings. The quantitative estimate of drug-likeness (QED) is 0.352. The van der Waals surface area contributed by atoms with Gasteiger partial charge in [-0.1, -0.05) is 72.8 Å². The molecule has 0 radical (unpaired) electrons. The molecule has 0 amide bonds. The Bertz CT molecular complexity index is 1260. The van der Waals surface area contributed by atoms with E-state index in [1.165, 1.54) is 33.5 Å². The highest BCUT2D eigenvalue weighted by molar-refractivity contribution is 5.51. The average Bonchev–Trinajstić information content (AvgIpc) is 2.90. The number of benzene rings is 4. The summed E-state index contributed by atoms with van der Waals surface area (Å²) in [4.78, 5) is 2.27. The lowest BCUT2D eigenvalue weighted by molar-refractivity contribution is 0.221. The van der Waals surface area contributed by atoms with Crippen LogP contribution in [0.15, 0.2) is 97.1 Å². The van der Waals surface area contributed by atoms with Gasteiger partial charge in [0.05, 0.1) is 6.61 Å². The van der Waals surface area contributed by atoms with Crippen molar-refractivity contribution in [3.63, 3.8) is 0 Å². The van der Waals surface area contributed by atoms with Crippen molar-refractivity contribution in [2.75, 3.05) is 18.2 Å². The predicted molar refractivity (Wildman–Crippen MR) is 137 cm³/mol. The van der Waals surface area contributed by atoms with Crippen LogP contribution in [0.5, 0.6) is 11.5 Å². The summed E-state index contributed by atoms with van der Waals surface area (Å²) >= 11 is 0. The molecule has 2 aliphatic rings. The third kappa shape index (κ3) is 4.51. The molecular weight excluding hydrogens is 418 g/mol. The van der Waals surface area contributed by atoms with E-state index in [0.29, 0.717) is 12.6 Å². The minimum atomic E-state index is 0.541. The van der Waals surface area contributed by atoms with Gasteiger partial charge in [0.1, 0.15) is 11.5 Å². The van der Waals surface area contributed by atoms with E-state index in [4.69, 9.17) is 9.47 Å². The van der Waals surface area contributed by atoms with Gasteiger partial charge >= 0.3 is 0 Å². The normalized spacial score (nSPS) is 16.7. The van der Waals surface area contributed by atoms with Crippen molar-refractivity contribution < 1.29 is 9.47 Å². The largest absolute Gasteiger partial charge is 0.493 e. The van der Waals surface area contributed by atoms with Gasteiger partial charge in [-0.25, -0.2) is 0 Å². The molecule has 0 saturated heterocycles. The summed E-state index contributed by atoms with van der Waals surface area (Å²) in [7, 11) is 0. The van der Waals surface area contributed by atoms with E-state index in [1.807, 2.05) is 18.2 Å². The van der Waals surface area contributed by atoms with Crippen LogP contribution in [0.4, 0.5) is 5.69 Å².